The first-order valence-electron chi connectivity index (χ1n) is 9.15. The summed E-state index contributed by atoms with van der Waals surface area (Å²) >= 11 is 0. The molecule has 0 amide bonds. The van der Waals surface area contributed by atoms with Crippen LogP contribution in [0.2, 0.25) is 0 Å². The van der Waals surface area contributed by atoms with Gasteiger partial charge in [-0.25, -0.2) is 0 Å². The largest absolute Gasteiger partial charge is 0.311 e. The highest BCUT2D eigenvalue weighted by Gasteiger charge is 2.42. The Kier molecular flexibility index (Phi) is 6.35. The van der Waals surface area contributed by atoms with Crippen molar-refractivity contribution in [1.29, 1.82) is 0 Å². The van der Waals surface area contributed by atoms with E-state index in [1.807, 2.05) is 0 Å². The number of rotatable bonds is 7. The number of nitrogens with one attached hydrogen (secondary N) is 1. The third-order valence-corrected chi connectivity index (χ3v) is 5.40. The van der Waals surface area contributed by atoms with Crippen molar-refractivity contribution < 1.29 is 0 Å². The topological polar surface area (TPSA) is 15.3 Å². The molecule has 1 aliphatic heterocycles. The zero-order valence-corrected chi connectivity index (χ0v) is 14.1. The summed E-state index contributed by atoms with van der Waals surface area (Å²) in [5, 5.41) is 3.87. The number of hydrogen-bond acceptors (Lipinski definition) is 2. The van der Waals surface area contributed by atoms with Gasteiger partial charge < -0.3 is 5.32 Å². The van der Waals surface area contributed by atoms with Gasteiger partial charge in [0.1, 0.15) is 0 Å². The molecule has 1 unspecified atom stereocenters. The minimum atomic E-state index is 0.527. The maximum Gasteiger partial charge on any atom is 0.0334 e. The van der Waals surface area contributed by atoms with Gasteiger partial charge in [-0.05, 0) is 38.1 Å². The average molecular weight is 281 g/mol. The predicted octanol–water partition coefficient (Wildman–Crippen LogP) is 4.20. The van der Waals surface area contributed by atoms with Gasteiger partial charge in [-0.3, -0.25) is 4.90 Å². The minimum absolute atomic E-state index is 0.527. The van der Waals surface area contributed by atoms with Crippen molar-refractivity contribution in [1.82, 2.24) is 10.2 Å². The molecule has 2 nitrogen and oxygen atoms in total. The molecule has 1 atom stereocenters. The number of unbranched alkanes of at least 4 members (excludes halogenated alkanes) is 3. The maximum atomic E-state index is 3.87. The van der Waals surface area contributed by atoms with Crippen LogP contribution in [0.3, 0.4) is 0 Å². The molecule has 1 heterocycles. The average Bonchev–Trinajstić information content (AvgIpc) is 2.87. The second-order valence-corrected chi connectivity index (χ2v) is 7.65. The second kappa shape index (κ2) is 7.79. The van der Waals surface area contributed by atoms with E-state index in [1.165, 1.54) is 77.4 Å². The van der Waals surface area contributed by atoms with Crippen molar-refractivity contribution in [2.75, 3.05) is 19.6 Å². The van der Waals surface area contributed by atoms with E-state index in [-0.39, 0.29) is 0 Å². The highest BCUT2D eigenvalue weighted by atomic mass is 15.3. The Hall–Kier alpha value is -0.0800. The summed E-state index contributed by atoms with van der Waals surface area (Å²) in [7, 11) is 0. The molecule has 1 N–H and O–H groups in total. The lowest BCUT2D eigenvalue weighted by Gasteiger charge is -2.49. The monoisotopic (exact) mass is 280 g/mol. The molecule has 2 fully saturated rings. The van der Waals surface area contributed by atoms with E-state index in [0.29, 0.717) is 5.54 Å². The number of nitrogens with zero attached hydrogens (tertiary/aromatic N) is 1. The quantitative estimate of drug-likeness (QED) is 0.703. The summed E-state index contributed by atoms with van der Waals surface area (Å²) in [6, 6.07) is 0.729. The van der Waals surface area contributed by atoms with Crippen LogP contribution in [0.4, 0.5) is 0 Å². The van der Waals surface area contributed by atoms with Gasteiger partial charge in [-0.1, -0.05) is 52.9 Å². The van der Waals surface area contributed by atoms with Crippen LogP contribution in [0.5, 0.6) is 0 Å². The molecule has 118 valence electrons. The zero-order valence-electron chi connectivity index (χ0n) is 14.1. The minimum Gasteiger partial charge on any atom is -0.311 e. The third kappa shape index (κ3) is 4.21. The molecule has 1 spiro atoms. The summed E-state index contributed by atoms with van der Waals surface area (Å²) in [5.74, 6) is 0.812. The van der Waals surface area contributed by atoms with E-state index in [4.69, 9.17) is 0 Å². The van der Waals surface area contributed by atoms with Crippen molar-refractivity contribution in [2.24, 2.45) is 5.92 Å². The van der Waals surface area contributed by atoms with Gasteiger partial charge in [0.2, 0.25) is 0 Å². The molecular weight excluding hydrogens is 244 g/mol. The smallest absolute Gasteiger partial charge is 0.0334 e. The third-order valence-electron chi connectivity index (χ3n) is 5.40. The molecule has 2 heteroatoms. The highest BCUT2D eigenvalue weighted by Crippen LogP contribution is 2.37. The Morgan fingerprint density at radius 2 is 1.90 bits per heavy atom. The molecule has 1 aliphatic carbocycles. The molecule has 0 aromatic rings. The molecule has 0 aromatic carbocycles. The van der Waals surface area contributed by atoms with Crippen LogP contribution in [0.25, 0.3) is 0 Å². The van der Waals surface area contributed by atoms with E-state index >= 15 is 0 Å². The van der Waals surface area contributed by atoms with Gasteiger partial charge in [0.05, 0.1) is 0 Å². The fourth-order valence-electron chi connectivity index (χ4n) is 4.28. The summed E-state index contributed by atoms with van der Waals surface area (Å²) in [4.78, 5) is 2.89. The molecule has 20 heavy (non-hydrogen) atoms. The molecule has 1 saturated carbocycles. The Balaban J connectivity index is 1.89. The Bertz CT molecular complexity index is 269. The highest BCUT2D eigenvalue weighted by molar-refractivity contribution is 5.01. The van der Waals surface area contributed by atoms with Crippen LogP contribution < -0.4 is 5.32 Å². The first kappa shape index (κ1) is 16.3. The lowest BCUT2D eigenvalue weighted by Crippen LogP contribution is -2.63. The lowest BCUT2D eigenvalue weighted by molar-refractivity contribution is 0.0371. The van der Waals surface area contributed by atoms with Crippen LogP contribution >= 0.6 is 0 Å². The molecular formula is C18H36N2. The molecule has 0 radical (unpaired) electrons. The molecule has 2 aliphatic rings. The zero-order chi connectivity index (χ0) is 14.4. The van der Waals surface area contributed by atoms with Gasteiger partial charge in [0.15, 0.2) is 0 Å². The fourth-order valence-corrected chi connectivity index (χ4v) is 4.28. The maximum absolute atomic E-state index is 3.87. The number of hydrogen-bond donors (Lipinski definition) is 1. The van der Waals surface area contributed by atoms with Crippen molar-refractivity contribution in [3.8, 4) is 0 Å². The standard InChI is InChI=1S/C18H36N2/c1-4-5-6-9-12-20-14-17(13-16(2)3)19-15-18(20)10-7-8-11-18/h16-17,19H,4-15H2,1-3H3. The summed E-state index contributed by atoms with van der Waals surface area (Å²) in [6.45, 7) is 10.9. The van der Waals surface area contributed by atoms with Crippen LogP contribution in [0, 0.1) is 5.92 Å². The van der Waals surface area contributed by atoms with Gasteiger partial charge >= 0.3 is 0 Å². The van der Waals surface area contributed by atoms with E-state index < -0.39 is 0 Å². The second-order valence-electron chi connectivity index (χ2n) is 7.65. The van der Waals surface area contributed by atoms with E-state index in [9.17, 15) is 0 Å². The molecule has 0 aromatic heterocycles. The lowest BCUT2D eigenvalue weighted by atomic mass is 9.88. The van der Waals surface area contributed by atoms with Crippen molar-refractivity contribution in [2.45, 2.75) is 90.1 Å². The van der Waals surface area contributed by atoms with Crippen LogP contribution in [-0.2, 0) is 0 Å². The Morgan fingerprint density at radius 3 is 2.55 bits per heavy atom. The Morgan fingerprint density at radius 1 is 1.15 bits per heavy atom. The van der Waals surface area contributed by atoms with Gasteiger partial charge in [-0.15, -0.1) is 0 Å². The Labute approximate surface area is 126 Å². The number of piperazine rings is 1. The first-order valence-corrected chi connectivity index (χ1v) is 9.15. The van der Waals surface area contributed by atoms with E-state index in [0.717, 1.165) is 12.0 Å². The van der Waals surface area contributed by atoms with Crippen LogP contribution in [-0.4, -0.2) is 36.1 Å². The summed E-state index contributed by atoms with van der Waals surface area (Å²) in [6.07, 6.45) is 12.7. The summed E-state index contributed by atoms with van der Waals surface area (Å²) in [5.41, 5.74) is 0.527. The first-order chi connectivity index (χ1) is 9.66. The normalized spacial score (nSPS) is 26.7. The predicted molar refractivity (Wildman–Crippen MR) is 88.2 cm³/mol. The van der Waals surface area contributed by atoms with Crippen molar-refractivity contribution in [3.05, 3.63) is 0 Å². The van der Waals surface area contributed by atoms with E-state index in [1.54, 1.807) is 0 Å². The van der Waals surface area contributed by atoms with Gasteiger partial charge in [0.25, 0.3) is 0 Å². The van der Waals surface area contributed by atoms with E-state index in [2.05, 4.69) is 31.0 Å². The van der Waals surface area contributed by atoms with Gasteiger partial charge in [-0.2, -0.15) is 0 Å². The fraction of sp³-hybridized carbons (Fsp3) is 1.00. The SMILES string of the molecule is CCCCCCN1CC(CC(C)C)NCC12CCCC2. The van der Waals surface area contributed by atoms with Crippen molar-refractivity contribution >= 4 is 0 Å². The van der Waals surface area contributed by atoms with Crippen LogP contribution in [0.15, 0.2) is 0 Å². The van der Waals surface area contributed by atoms with Gasteiger partial charge in [0, 0.05) is 24.7 Å². The van der Waals surface area contributed by atoms with Crippen LogP contribution in [0.1, 0.15) is 78.6 Å². The molecule has 0 bridgehead atoms. The van der Waals surface area contributed by atoms with Crippen molar-refractivity contribution in [3.63, 3.8) is 0 Å². The summed E-state index contributed by atoms with van der Waals surface area (Å²) < 4.78 is 0. The molecule has 2 rings (SSSR count). The molecule has 1 saturated heterocycles.